The number of ether oxygens (including phenoxy) is 1. The van der Waals surface area contributed by atoms with E-state index in [-0.39, 0.29) is 13.2 Å². The zero-order chi connectivity index (χ0) is 11.8. The van der Waals surface area contributed by atoms with Crippen LogP contribution >= 0.6 is 11.3 Å². The lowest BCUT2D eigenvalue weighted by Gasteiger charge is -2.01. The van der Waals surface area contributed by atoms with E-state index in [1.54, 1.807) is 0 Å². The molecule has 1 N–H and O–H groups in total. The van der Waals surface area contributed by atoms with E-state index in [1.807, 2.05) is 11.4 Å². The Hall–Kier alpha value is -0.960. The maximum Gasteiger partial charge on any atom is 0.261 e. The van der Waals surface area contributed by atoms with Gasteiger partial charge in [-0.05, 0) is 11.4 Å². The van der Waals surface area contributed by atoms with E-state index in [0.29, 0.717) is 6.42 Å². The van der Waals surface area contributed by atoms with Crippen LogP contribution in [0.3, 0.4) is 0 Å². The molecule has 0 unspecified atom stereocenters. The van der Waals surface area contributed by atoms with Crippen LogP contribution in [0.15, 0.2) is 11.4 Å². The third kappa shape index (κ3) is 4.71. The molecule has 1 aromatic rings. The van der Waals surface area contributed by atoms with Crippen LogP contribution in [0.1, 0.15) is 16.9 Å². The van der Waals surface area contributed by atoms with Crippen molar-refractivity contribution in [1.82, 2.24) is 0 Å². The van der Waals surface area contributed by atoms with Crippen LogP contribution in [0.4, 0.5) is 8.78 Å². The number of alkyl halides is 2. The zero-order valence-electron chi connectivity index (χ0n) is 8.58. The molecule has 0 saturated carbocycles. The van der Waals surface area contributed by atoms with Crippen molar-refractivity contribution in [3.05, 3.63) is 21.9 Å². The number of hydrogen-bond donors (Lipinski definition) is 1. The van der Waals surface area contributed by atoms with Crippen LogP contribution in [-0.4, -0.2) is 24.7 Å². The van der Waals surface area contributed by atoms with E-state index in [0.717, 1.165) is 10.4 Å². The number of rotatable bonds is 5. The molecule has 0 aliphatic rings. The van der Waals surface area contributed by atoms with Gasteiger partial charge in [-0.3, -0.25) is 0 Å². The van der Waals surface area contributed by atoms with Gasteiger partial charge >= 0.3 is 0 Å². The molecule has 0 atom stereocenters. The predicted octanol–water partition coefficient (Wildman–Crippen LogP) is 2.26. The first kappa shape index (κ1) is 13.1. The van der Waals surface area contributed by atoms with Gasteiger partial charge in [0.05, 0.1) is 13.2 Å². The molecular weight excluding hydrogens is 234 g/mol. The molecule has 1 rings (SSSR count). The van der Waals surface area contributed by atoms with E-state index >= 15 is 0 Å². The molecule has 0 fully saturated rings. The Morgan fingerprint density at radius 1 is 1.50 bits per heavy atom. The molecule has 0 spiro atoms. The normalized spacial score (nSPS) is 10.2. The van der Waals surface area contributed by atoms with Gasteiger partial charge in [0.1, 0.15) is 6.61 Å². The summed E-state index contributed by atoms with van der Waals surface area (Å²) in [4.78, 5) is 0.839. The third-order valence-corrected chi connectivity index (χ3v) is 2.58. The molecule has 2 nitrogen and oxygen atoms in total. The smallest absolute Gasteiger partial charge is 0.261 e. The molecule has 0 saturated heterocycles. The number of halogens is 2. The topological polar surface area (TPSA) is 29.5 Å². The monoisotopic (exact) mass is 246 g/mol. The van der Waals surface area contributed by atoms with E-state index in [9.17, 15) is 8.78 Å². The minimum absolute atomic E-state index is 0.0222. The van der Waals surface area contributed by atoms with Gasteiger partial charge in [0.25, 0.3) is 6.43 Å². The van der Waals surface area contributed by atoms with Gasteiger partial charge in [-0.15, -0.1) is 11.3 Å². The summed E-state index contributed by atoms with van der Waals surface area (Å²) in [6.45, 7) is -0.374. The second-order valence-electron chi connectivity index (χ2n) is 2.94. The van der Waals surface area contributed by atoms with Crippen molar-refractivity contribution >= 4 is 11.3 Å². The summed E-state index contributed by atoms with van der Waals surface area (Å²) in [5, 5.41) is 10.4. The van der Waals surface area contributed by atoms with Gasteiger partial charge in [0.15, 0.2) is 0 Å². The second kappa shape index (κ2) is 7.34. The quantitative estimate of drug-likeness (QED) is 0.807. The molecule has 16 heavy (non-hydrogen) atoms. The Morgan fingerprint density at radius 3 is 3.00 bits per heavy atom. The highest BCUT2D eigenvalue weighted by Gasteiger charge is 2.05. The average molecular weight is 246 g/mol. The van der Waals surface area contributed by atoms with E-state index in [4.69, 9.17) is 9.84 Å². The van der Waals surface area contributed by atoms with Gasteiger partial charge in [0, 0.05) is 16.9 Å². The van der Waals surface area contributed by atoms with Crippen molar-refractivity contribution in [3.63, 3.8) is 0 Å². The van der Waals surface area contributed by atoms with Gasteiger partial charge in [-0.1, -0.05) is 11.8 Å². The summed E-state index contributed by atoms with van der Waals surface area (Å²) < 4.78 is 28.5. The summed E-state index contributed by atoms with van der Waals surface area (Å²) in [5.74, 6) is 5.65. The lowest BCUT2D eigenvalue weighted by Crippen LogP contribution is -2.03. The molecular formula is C11H12F2O2S. The van der Waals surface area contributed by atoms with Crippen molar-refractivity contribution in [2.24, 2.45) is 0 Å². The first-order chi connectivity index (χ1) is 7.74. The Morgan fingerprint density at radius 2 is 2.31 bits per heavy atom. The van der Waals surface area contributed by atoms with Crippen LogP contribution in [0, 0.1) is 11.8 Å². The maximum atomic E-state index is 11.8. The Balaban J connectivity index is 2.48. The van der Waals surface area contributed by atoms with Gasteiger partial charge < -0.3 is 9.84 Å². The summed E-state index contributed by atoms with van der Waals surface area (Å²) in [5.41, 5.74) is 0.785. The Kier molecular flexibility index (Phi) is 6.01. The minimum atomic E-state index is -2.44. The lowest BCUT2D eigenvalue weighted by atomic mass is 10.2. The van der Waals surface area contributed by atoms with Crippen LogP contribution in [0.25, 0.3) is 0 Å². The molecule has 0 bridgehead atoms. The van der Waals surface area contributed by atoms with Crippen molar-refractivity contribution in [1.29, 1.82) is 0 Å². The largest absolute Gasteiger partial charge is 0.395 e. The van der Waals surface area contributed by atoms with E-state index in [2.05, 4.69) is 11.8 Å². The molecule has 0 aliphatic heterocycles. The predicted molar refractivity (Wildman–Crippen MR) is 58.6 cm³/mol. The number of hydrogen-bond acceptors (Lipinski definition) is 3. The minimum Gasteiger partial charge on any atom is -0.395 e. The number of aliphatic hydroxyl groups excluding tert-OH is 1. The Labute approximate surface area is 96.9 Å². The van der Waals surface area contributed by atoms with Crippen LogP contribution in [0.5, 0.6) is 0 Å². The molecule has 5 heteroatoms. The van der Waals surface area contributed by atoms with Crippen LogP contribution in [0.2, 0.25) is 0 Å². The zero-order valence-corrected chi connectivity index (χ0v) is 9.40. The first-order valence-corrected chi connectivity index (χ1v) is 5.64. The van der Waals surface area contributed by atoms with Crippen molar-refractivity contribution in [3.8, 4) is 11.8 Å². The standard InChI is InChI=1S/C11H12F2O2S/c12-11(13)8-15-7-10-9(4-6-16-10)3-1-2-5-14/h4,6,11,14H,2,5,7-8H2. The third-order valence-electron chi connectivity index (χ3n) is 1.68. The number of aliphatic hydroxyl groups is 1. The molecule has 0 aliphatic carbocycles. The fraction of sp³-hybridized carbons (Fsp3) is 0.455. The van der Waals surface area contributed by atoms with Crippen LogP contribution in [-0.2, 0) is 11.3 Å². The highest BCUT2D eigenvalue weighted by molar-refractivity contribution is 7.10. The summed E-state index contributed by atoms with van der Waals surface area (Å²) in [6, 6.07) is 1.82. The van der Waals surface area contributed by atoms with Crippen molar-refractivity contribution in [2.45, 2.75) is 19.5 Å². The highest BCUT2D eigenvalue weighted by Crippen LogP contribution is 2.17. The lowest BCUT2D eigenvalue weighted by molar-refractivity contribution is 0.0107. The fourth-order valence-electron chi connectivity index (χ4n) is 1.02. The van der Waals surface area contributed by atoms with Crippen LogP contribution < -0.4 is 0 Å². The molecule has 0 radical (unpaired) electrons. The SMILES string of the molecule is OCCC#Cc1ccsc1COCC(F)F. The first-order valence-electron chi connectivity index (χ1n) is 4.76. The van der Waals surface area contributed by atoms with Crippen molar-refractivity contribution in [2.75, 3.05) is 13.2 Å². The summed E-state index contributed by atoms with van der Waals surface area (Å²) in [6.07, 6.45) is -2.03. The molecule has 1 aromatic heterocycles. The Bertz CT molecular complexity index is 366. The molecule has 0 aromatic carbocycles. The van der Waals surface area contributed by atoms with E-state index in [1.165, 1.54) is 11.3 Å². The number of thiophene rings is 1. The van der Waals surface area contributed by atoms with E-state index < -0.39 is 13.0 Å². The molecule has 88 valence electrons. The van der Waals surface area contributed by atoms with Gasteiger partial charge in [-0.25, -0.2) is 8.78 Å². The molecule has 0 amide bonds. The highest BCUT2D eigenvalue weighted by atomic mass is 32.1. The maximum absolute atomic E-state index is 11.8. The van der Waals surface area contributed by atoms with Crippen molar-refractivity contribution < 1.29 is 18.6 Å². The molecule has 1 heterocycles. The van der Waals surface area contributed by atoms with Gasteiger partial charge in [-0.2, -0.15) is 0 Å². The fourth-order valence-corrected chi connectivity index (χ4v) is 1.78. The second-order valence-corrected chi connectivity index (χ2v) is 3.94. The van der Waals surface area contributed by atoms with Gasteiger partial charge in [0.2, 0.25) is 0 Å². The summed E-state index contributed by atoms with van der Waals surface area (Å²) in [7, 11) is 0. The summed E-state index contributed by atoms with van der Waals surface area (Å²) >= 11 is 1.42. The average Bonchev–Trinajstić information content (AvgIpc) is 2.66.